The van der Waals surface area contributed by atoms with E-state index in [1.54, 1.807) is 14.2 Å². The van der Waals surface area contributed by atoms with Crippen LogP contribution < -0.4 is 9.47 Å². The first-order valence-electron chi connectivity index (χ1n) is 12.2. The average Bonchev–Trinajstić information content (AvgIpc) is 2.91. The van der Waals surface area contributed by atoms with Crippen molar-refractivity contribution in [3.63, 3.8) is 0 Å². The number of carbonyl (C=O) groups excluding carboxylic acids is 3. The maximum absolute atomic E-state index is 13.3. The lowest BCUT2D eigenvalue weighted by Gasteiger charge is -2.48. The van der Waals surface area contributed by atoms with Crippen LogP contribution in [0.25, 0.3) is 0 Å². The van der Waals surface area contributed by atoms with Crippen LogP contribution >= 0.6 is 0 Å². The molecule has 192 valence electrons. The Hall–Kier alpha value is -4.13. The van der Waals surface area contributed by atoms with Gasteiger partial charge in [-0.2, -0.15) is 0 Å². The number of methoxy groups -OCH3 is 2. The molecule has 1 aliphatic rings. The third-order valence-electron chi connectivity index (χ3n) is 6.69. The number of hydrogen-bond acceptors (Lipinski definition) is 6. The van der Waals surface area contributed by atoms with Crippen molar-refractivity contribution in [3.8, 4) is 11.5 Å². The average molecular weight is 502 g/mol. The van der Waals surface area contributed by atoms with Gasteiger partial charge < -0.3 is 19.1 Å². The fourth-order valence-corrected chi connectivity index (χ4v) is 4.71. The second-order valence-corrected chi connectivity index (χ2v) is 9.13. The van der Waals surface area contributed by atoms with Gasteiger partial charge in [-0.25, -0.2) is 4.79 Å². The molecule has 37 heavy (non-hydrogen) atoms. The molecule has 7 nitrogen and oxygen atoms in total. The van der Waals surface area contributed by atoms with E-state index in [1.165, 1.54) is 11.8 Å². The Morgan fingerprint density at radius 1 is 0.784 bits per heavy atom. The molecule has 3 aromatic rings. The smallest absolute Gasteiger partial charge is 0.330 e. The number of β-lactam (4-membered cyclic amide) rings is 1. The highest BCUT2D eigenvalue weighted by molar-refractivity contribution is 6.11. The Kier molecular flexibility index (Phi) is 8.23. The van der Waals surface area contributed by atoms with Gasteiger partial charge in [-0.1, -0.05) is 54.6 Å². The van der Waals surface area contributed by atoms with E-state index >= 15 is 0 Å². The monoisotopic (exact) mass is 501 g/mol. The molecule has 2 unspecified atom stereocenters. The summed E-state index contributed by atoms with van der Waals surface area (Å²) >= 11 is 0. The van der Waals surface area contributed by atoms with Crippen LogP contribution in [0.4, 0.5) is 0 Å². The van der Waals surface area contributed by atoms with E-state index in [0.29, 0.717) is 12.8 Å². The van der Waals surface area contributed by atoms with E-state index in [1.807, 2.05) is 78.9 Å². The minimum atomic E-state index is -1.03. The van der Waals surface area contributed by atoms with Gasteiger partial charge in [-0.05, 0) is 60.7 Å². The lowest BCUT2D eigenvalue weighted by molar-refractivity contribution is -0.180. The van der Waals surface area contributed by atoms with Crippen LogP contribution in [0.5, 0.6) is 11.5 Å². The van der Waals surface area contributed by atoms with Crippen molar-refractivity contribution in [2.75, 3.05) is 14.2 Å². The molecule has 0 saturated carbocycles. The lowest BCUT2D eigenvalue weighted by atomic mass is 9.80. The molecule has 4 rings (SSSR count). The van der Waals surface area contributed by atoms with Gasteiger partial charge in [0, 0.05) is 6.04 Å². The predicted molar refractivity (Wildman–Crippen MR) is 138 cm³/mol. The third-order valence-corrected chi connectivity index (χ3v) is 6.69. The quantitative estimate of drug-likeness (QED) is 0.224. The standard InChI is InChI=1S/C30H31NO6/c1-20(32)27-28(30(34)37-19-23-7-5-4-6-8-23)31(29(27)33)24(17-21-9-13-25(35-2)14-10-21)18-22-11-15-26(36-3)16-12-22/h4-16,24,27-28H,17-19H2,1-3H3. The normalized spacial score (nSPS) is 16.8. The van der Waals surface area contributed by atoms with E-state index in [0.717, 1.165) is 28.2 Å². The van der Waals surface area contributed by atoms with Crippen molar-refractivity contribution in [3.05, 3.63) is 95.6 Å². The molecule has 0 bridgehead atoms. The Morgan fingerprint density at radius 3 is 1.76 bits per heavy atom. The molecule has 1 aliphatic heterocycles. The Morgan fingerprint density at radius 2 is 1.30 bits per heavy atom. The van der Waals surface area contributed by atoms with E-state index < -0.39 is 17.9 Å². The molecule has 0 aliphatic carbocycles. The molecule has 0 N–H and O–H groups in total. The molecule has 1 saturated heterocycles. The molecule has 0 radical (unpaired) electrons. The molecular weight excluding hydrogens is 470 g/mol. The second-order valence-electron chi connectivity index (χ2n) is 9.13. The Bertz CT molecular complexity index is 1170. The zero-order chi connectivity index (χ0) is 26.4. The summed E-state index contributed by atoms with van der Waals surface area (Å²) in [6.07, 6.45) is 0.990. The maximum atomic E-state index is 13.3. The van der Waals surface area contributed by atoms with Gasteiger partial charge >= 0.3 is 5.97 Å². The van der Waals surface area contributed by atoms with E-state index in [4.69, 9.17) is 14.2 Å². The zero-order valence-corrected chi connectivity index (χ0v) is 21.3. The van der Waals surface area contributed by atoms with Crippen molar-refractivity contribution in [1.82, 2.24) is 4.90 Å². The summed E-state index contributed by atoms with van der Waals surface area (Å²) in [6, 6.07) is 23.2. The zero-order valence-electron chi connectivity index (χ0n) is 21.3. The number of benzene rings is 3. The number of esters is 1. The SMILES string of the molecule is COc1ccc(CC(Cc2ccc(OC)cc2)N2C(=O)C(C(C)=O)C2C(=O)OCc2ccccc2)cc1. The first kappa shape index (κ1) is 25.9. The summed E-state index contributed by atoms with van der Waals surface area (Å²) in [5, 5.41) is 0. The van der Waals surface area contributed by atoms with Crippen molar-refractivity contribution >= 4 is 17.7 Å². The van der Waals surface area contributed by atoms with Gasteiger partial charge in [0.05, 0.1) is 14.2 Å². The van der Waals surface area contributed by atoms with Gasteiger partial charge in [0.25, 0.3) is 0 Å². The summed E-state index contributed by atoms with van der Waals surface area (Å²) in [4.78, 5) is 40.4. The van der Waals surface area contributed by atoms with Crippen LogP contribution in [-0.2, 0) is 38.6 Å². The van der Waals surface area contributed by atoms with Crippen LogP contribution in [0.1, 0.15) is 23.6 Å². The molecule has 1 heterocycles. The van der Waals surface area contributed by atoms with Crippen molar-refractivity contribution in [2.24, 2.45) is 5.92 Å². The topological polar surface area (TPSA) is 82.1 Å². The van der Waals surface area contributed by atoms with Gasteiger partial charge in [0.1, 0.15) is 35.8 Å². The summed E-state index contributed by atoms with van der Waals surface area (Å²) in [5.41, 5.74) is 2.80. The maximum Gasteiger partial charge on any atom is 0.330 e. The van der Waals surface area contributed by atoms with Crippen LogP contribution in [-0.4, -0.2) is 48.9 Å². The number of Topliss-reactive ketones (excluding diaryl/α,β-unsaturated/α-hetero) is 1. The number of likely N-dealkylation sites (tertiary alicyclic amines) is 1. The third kappa shape index (κ3) is 6.00. The fraction of sp³-hybridized carbons (Fsp3) is 0.300. The van der Waals surface area contributed by atoms with Crippen LogP contribution in [0.2, 0.25) is 0 Å². The summed E-state index contributed by atoms with van der Waals surface area (Å²) in [5.74, 6) is -0.823. The molecule has 7 heteroatoms. The number of carbonyl (C=O) groups is 3. The number of nitrogens with zero attached hydrogens (tertiary/aromatic N) is 1. The minimum absolute atomic E-state index is 0.0739. The van der Waals surface area contributed by atoms with E-state index in [9.17, 15) is 14.4 Å². The molecular formula is C30H31NO6. The van der Waals surface area contributed by atoms with Gasteiger partial charge in [0.15, 0.2) is 0 Å². The molecule has 3 aromatic carbocycles. The highest BCUT2D eigenvalue weighted by Gasteiger charge is 2.56. The van der Waals surface area contributed by atoms with Crippen molar-refractivity contribution < 1.29 is 28.6 Å². The highest BCUT2D eigenvalue weighted by atomic mass is 16.5. The second kappa shape index (κ2) is 11.7. The molecule has 0 spiro atoms. The van der Waals surface area contributed by atoms with E-state index in [2.05, 4.69) is 0 Å². The van der Waals surface area contributed by atoms with Gasteiger partial charge in [0.2, 0.25) is 5.91 Å². The van der Waals surface area contributed by atoms with Gasteiger partial charge in [-0.15, -0.1) is 0 Å². The minimum Gasteiger partial charge on any atom is -0.497 e. The summed E-state index contributed by atoms with van der Waals surface area (Å²) in [6.45, 7) is 1.42. The Balaban J connectivity index is 1.60. The van der Waals surface area contributed by atoms with Crippen LogP contribution in [0.15, 0.2) is 78.9 Å². The van der Waals surface area contributed by atoms with Crippen LogP contribution in [0.3, 0.4) is 0 Å². The number of rotatable bonds is 11. The lowest BCUT2D eigenvalue weighted by Crippen LogP contribution is -2.70. The number of ether oxygens (including phenoxy) is 3. The number of amides is 1. The van der Waals surface area contributed by atoms with E-state index in [-0.39, 0.29) is 24.3 Å². The Labute approximate surface area is 217 Å². The largest absolute Gasteiger partial charge is 0.497 e. The molecule has 1 fully saturated rings. The summed E-state index contributed by atoms with van der Waals surface area (Å²) < 4.78 is 16.1. The highest BCUT2D eigenvalue weighted by Crippen LogP contribution is 2.34. The number of hydrogen-bond donors (Lipinski definition) is 0. The molecule has 1 amide bonds. The molecule has 2 atom stereocenters. The van der Waals surface area contributed by atoms with Crippen molar-refractivity contribution in [1.29, 1.82) is 0 Å². The van der Waals surface area contributed by atoms with Crippen LogP contribution in [0, 0.1) is 5.92 Å². The predicted octanol–water partition coefficient (Wildman–Crippen LogP) is 4.02. The first-order valence-corrected chi connectivity index (χ1v) is 12.2. The molecule has 0 aromatic heterocycles. The van der Waals surface area contributed by atoms with Gasteiger partial charge in [-0.3, -0.25) is 9.59 Å². The van der Waals surface area contributed by atoms with Crippen molar-refractivity contribution in [2.45, 2.75) is 38.5 Å². The fourth-order valence-electron chi connectivity index (χ4n) is 4.71. The first-order chi connectivity index (χ1) is 17.9. The number of ketones is 1. The summed E-state index contributed by atoms with van der Waals surface area (Å²) in [7, 11) is 3.21.